The molecule has 0 saturated heterocycles. The lowest BCUT2D eigenvalue weighted by atomic mass is 10.2. The zero-order chi connectivity index (χ0) is 19.8. The Morgan fingerprint density at radius 1 is 1.19 bits per heavy atom. The average molecular weight is 388 g/mol. The number of aryl methyl sites for hydroxylation is 1. The molecule has 0 radical (unpaired) electrons. The van der Waals surface area contributed by atoms with E-state index in [1.54, 1.807) is 30.0 Å². The van der Waals surface area contributed by atoms with Gasteiger partial charge in [-0.2, -0.15) is 0 Å². The number of benzene rings is 2. The predicted octanol–water partition coefficient (Wildman–Crippen LogP) is 2.60. The van der Waals surface area contributed by atoms with Crippen LogP contribution < -0.4 is 9.64 Å². The molecule has 0 fully saturated rings. The molecule has 1 atom stereocenters. The summed E-state index contributed by atoms with van der Waals surface area (Å²) in [6.07, 6.45) is -0.0168. The van der Waals surface area contributed by atoms with E-state index in [-0.39, 0.29) is 10.8 Å². The molecule has 6 nitrogen and oxygen atoms in total. The Labute approximate surface area is 160 Å². The van der Waals surface area contributed by atoms with E-state index in [0.717, 1.165) is 16.8 Å². The number of carbonyl (C=O) groups is 1. The molecule has 1 heterocycles. The number of anilines is 1. The molecule has 1 amide bonds. The lowest BCUT2D eigenvalue weighted by Gasteiger charge is -2.23. The molecule has 1 aliphatic heterocycles. The molecule has 2 aromatic carbocycles. The Kier molecular flexibility index (Phi) is 5.26. The summed E-state index contributed by atoms with van der Waals surface area (Å²) in [4.78, 5) is 14.8. The molecule has 1 unspecified atom stereocenters. The normalized spacial score (nSPS) is 14.9. The van der Waals surface area contributed by atoms with Crippen LogP contribution in [0.2, 0.25) is 0 Å². The van der Waals surface area contributed by atoms with Gasteiger partial charge in [0.1, 0.15) is 5.75 Å². The molecule has 0 spiro atoms. The number of ether oxygens (including phenoxy) is 1. The lowest BCUT2D eigenvalue weighted by molar-refractivity contribution is -0.124. The van der Waals surface area contributed by atoms with Crippen LogP contribution in [0.5, 0.6) is 5.75 Å². The maximum absolute atomic E-state index is 12.9. The highest BCUT2D eigenvalue weighted by Gasteiger charge is 2.30. The summed E-state index contributed by atoms with van der Waals surface area (Å²) in [5, 5.41) is 0. The molecule has 0 bridgehead atoms. The largest absolute Gasteiger partial charge is 0.481 e. The molecule has 3 rings (SSSR count). The molecule has 7 heteroatoms. The number of sulfonamides is 1. The van der Waals surface area contributed by atoms with Crippen LogP contribution in [-0.4, -0.2) is 45.4 Å². The van der Waals surface area contributed by atoms with Crippen LogP contribution >= 0.6 is 0 Å². The zero-order valence-electron chi connectivity index (χ0n) is 16.0. The van der Waals surface area contributed by atoms with Crippen molar-refractivity contribution in [3.63, 3.8) is 0 Å². The number of hydrogen-bond acceptors (Lipinski definition) is 4. The van der Waals surface area contributed by atoms with Crippen LogP contribution in [-0.2, 0) is 21.2 Å². The zero-order valence-corrected chi connectivity index (χ0v) is 16.8. The van der Waals surface area contributed by atoms with E-state index < -0.39 is 16.1 Å². The lowest BCUT2D eigenvalue weighted by Crippen LogP contribution is -2.39. The van der Waals surface area contributed by atoms with Crippen LogP contribution in [0.4, 0.5) is 5.69 Å². The first-order chi connectivity index (χ1) is 12.7. The fraction of sp³-hybridized carbons (Fsp3) is 0.350. The van der Waals surface area contributed by atoms with Crippen molar-refractivity contribution in [3.8, 4) is 5.75 Å². The third kappa shape index (κ3) is 3.70. The predicted molar refractivity (Wildman–Crippen MR) is 105 cm³/mol. The van der Waals surface area contributed by atoms with E-state index in [1.807, 2.05) is 31.2 Å². The van der Waals surface area contributed by atoms with Crippen LogP contribution in [0.25, 0.3) is 0 Å². The highest BCUT2D eigenvalue weighted by atomic mass is 32.2. The van der Waals surface area contributed by atoms with Gasteiger partial charge in [-0.25, -0.2) is 12.7 Å². The molecular weight excluding hydrogens is 364 g/mol. The highest BCUT2D eigenvalue weighted by Crippen LogP contribution is 2.31. The second kappa shape index (κ2) is 7.32. The quantitative estimate of drug-likeness (QED) is 0.790. The molecule has 1 aliphatic rings. The summed E-state index contributed by atoms with van der Waals surface area (Å²) in [6, 6.07) is 12.5. The van der Waals surface area contributed by atoms with Crippen molar-refractivity contribution in [2.24, 2.45) is 0 Å². The fourth-order valence-electron chi connectivity index (χ4n) is 3.13. The summed E-state index contributed by atoms with van der Waals surface area (Å²) in [7, 11) is -0.487. The minimum absolute atomic E-state index is 0.139. The topological polar surface area (TPSA) is 66.9 Å². The van der Waals surface area contributed by atoms with Gasteiger partial charge in [0.25, 0.3) is 5.91 Å². The van der Waals surface area contributed by atoms with Gasteiger partial charge in [0, 0.05) is 26.3 Å². The molecule has 0 aliphatic carbocycles. The third-order valence-electron chi connectivity index (χ3n) is 4.74. The van der Waals surface area contributed by atoms with Crippen LogP contribution in [0.1, 0.15) is 18.1 Å². The van der Waals surface area contributed by atoms with Crippen LogP contribution in [0.15, 0.2) is 47.4 Å². The molecule has 144 valence electrons. The number of hydrogen-bond donors (Lipinski definition) is 0. The maximum atomic E-state index is 12.9. The highest BCUT2D eigenvalue weighted by molar-refractivity contribution is 7.89. The first-order valence-electron chi connectivity index (χ1n) is 8.81. The molecule has 2 aromatic rings. The molecule has 27 heavy (non-hydrogen) atoms. The van der Waals surface area contributed by atoms with Gasteiger partial charge in [0.2, 0.25) is 10.0 Å². The van der Waals surface area contributed by atoms with Gasteiger partial charge in [-0.1, -0.05) is 18.2 Å². The summed E-state index contributed by atoms with van der Waals surface area (Å²) >= 11 is 0. The second-order valence-electron chi connectivity index (χ2n) is 6.84. The summed E-state index contributed by atoms with van der Waals surface area (Å²) < 4.78 is 31.7. The number of para-hydroxylation sites is 1. The van der Waals surface area contributed by atoms with Crippen molar-refractivity contribution < 1.29 is 17.9 Å². The van der Waals surface area contributed by atoms with E-state index in [9.17, 15) is 13.2 Å². The summed E-state index contributed by atoms with van der Waals surface area (Å²) in [5.41, 5.74) is 2.57. The number of nitrogens with zero attached hydrogens (tertiary/aromatic N) is 2. The third-order valence-corrected chi connectivity index (χ3v) is 6.55. The van der Waals surface area contributed by atoms with Gasteiger partial charge in [-0.3, -0.25) is 4.79 Å². The molecule has 0 N–H and O–H groups in total. The van der Waals surface area contributed by atoms with Gasteiger partial charge in [-0.15, -0.1) is 0 Å². The van der Waals surface area contributed by atoms with Crippen molar-refractivity contribution in [3.05, 3.63) is 53.6 Å². The van der Waals surface area contributed by atoms with E-state index in [2.05, 4.69) is 0 Å². The Morgan fingerprint density at radius 3 is 2.56 bits per heavy atom. The van der Waals surface area contributed by atoms with Gasteiger partial charge >= 0.3 is 0 Å². The summed E-state index contributed by atoms with van der Waals surface area (Å²) in [5.74, 6) is 0.547. The number of fused-ring (bicyclic) bond motifs is 1. The monoisotopic (exact) mass is 388 g/mol. The van der Waals surface area contributed by atoms with Crippen molar-refractivity contribution in [2.45, 2.75) is 31.3 Å². The Bertz CT molecular complexity index is 970. The standard InChI is InChI=1S/C20H24N2O4S/c1-14-7-5-6-8-19(14)26-15(2)20(23)22-12-11-16-13-17(9-10-18(16)22)27(24,25)21(3)4/h5-10,13,15H,11-12H2,1-4H3. The maximum Gasteiger partial charge on any atom is 0.267 e. The first-order valence-corrected chi connectivity index (χ1v) is 10.2. The van der Waals surface area contributed by atoms with Crippen molar-refractivity contribution in [1.29, 1.82) is 0 Å². The van der Waals surface area contributed by atoms with Crippen molar-refractivity contribution in [1.82, 2.24) is 4.31 Å². The number of amides is 1. The van der Waals surface area contributed by atoms with Crippen LogP contribution in [0, 0.1) is 6.92 Å². The van der Waals surface area contributed by atoms with Gasteiger partial charge in [0.05, 0.1) is 4.90 Å². The van der Waals surface area contributed by atoms with Gasteiger partial charge in [-0.05, 0) is 55.7 Å². The van der Waals surface area contributed by atoms with Crippen LogP contribution in [0.3, 0.4) is 0 Å². The first kappa shape index (κ1) is 19.4. The van der Waals surface area contributed by atoms with E-state index in [4.69, 9.17) is 4.74 Å². The van der Waals surface area contributed by atoms with E-state index >= 15 is 0 Å². The minimum Gasteiger partial charge on any atom is -0.481 e. The SMILES string of the molecule is Cc1ccccc1OC(C)C(=O)N1CCc2cc(S(=O)(=O)N(C)C)ccc21. The Balaban J connectivity index is 1.81. The summed E-state index contributed by atoms with van der Waals surface area (Å²) in [6.45, 7) is 4.18. The van der Waals surface area contributed by atoms with Gasteiger partial charge in [0.15, 0.2) is 6.10 Å². The van der Waals surface area contributed by atoms with E-state index in [0.29, 0.717) is 18.7 Å². The molecular formula is C20H24N2O4S. The second-order valence-corrected chi connectivity index (χ2v) is 9.00. The fourth-order valence-corrected chi connectivity index (χ4v) is 4.08. The smallest absolute Gasteiger partial charge is 0.267 e. The average Bonchev–Trinajstić information content (AvgIpc) is 3.05. The minimum atomic E-state index is -3.49. The number of carbonyl (C=O) groups excluding carboxylic acids is 1. The number of rotatable bonds is 5. The van der Waals surface area contributed by atoms with Crippen molar-refractivity contribution >= 4 is 21.6 Å². The van der Waals surface area contributed by atoms with Gasteiger partial charge < -0.3 is 9.64 Å². The Morgan fingerprint density at radius 2 is 1.89 bits per heavy atom. The molecule has 0 saturated carbocycles. The molecule has 0 aromatic heterocycles. The van der Waals surface area contributed by atoms with Crippen molar-refractivity contribution in [2.75, 3.05) is 25.5 Å². The Hall–Kier alpha value is -2.38. The van der Waals surface area contributed by atoms with E-state index in [1.165, 1.54) is 18.4 Å².